The van der Waals surface area contributed by atoms with Crippen molar-refractivity contribution in [2.24, 2.45) is 29.6 Å². The molecule has 2 aliphatic carbocycles. The van der Waals surface area contributed by atoms with E-state index >= 15 is 0 Å². The maximum Gasteiger partial charge on any atom is 0.309 e. The van der Waals surface area contributed by atoms with Crippen LogP contribution < -0.4 is 10.7 Å². The number of phenolic OH excluding ortho intramolecular Hbond substituents is 1. The number of carboxylic acid groups (broad SMARTS) is 1. The molecule has 5 rings (SSSR count). The van der Waals surface area contributed by atoms with Crippen molar-refractivity contribution in [3.63, 3.8) is 0 Å². The van der Waals surface area contributed by atoms with E-state index in [0.717, 1.165) is 67.3 Å². The molecular formula is C44H62N3O6-. The summed E-state index contributed by atoms with van der Waals surface area (Å²) in [5.41, 5.74) is 8.99. The first kappa shape index (κ1) is 40.5. The highest BCUT2D eigenvalue weighted by Crippen LogP contribution is 2.46. The Balaban J connectivity index is 1.14. The van der Waals surface area contributed by atoms with Gasteiger partial charge >= 0.3 is 5.97 Å². The number of pyridine rings is 1. The Morgan fingerprint density at radius 2 is 1.75 bits per heavy atom. The van der Waals surface area contributed by atoms with Crippen molar-refractivity contribution in [3.05, 3.63) is 89.4 Å². The minimum Gasteiger partial charge on any atom is -0.667 e. The van der Waals surface area contributed by atoms with Crippen LogP contribution in [0.4, 0.5) is 5.82 Å². The smallest absolute Gasteiger partial charge is 0.309 e. The van der Waals surface area contributed by atoms with Crippen LogP contribution in [0.3, 0.4) is 0 Å². The van der Waals surface area contributed by atoms with Crippen LogP contribution in [0, 0.1) is 29.6 Å². The molecule has 0 aliphatic heterocycles. The van der Waals surface area contributed by atoms with Crippen molar-refractivity contribution in [2.45, 2.75) is 134 Å². The molecule has 0 saturated heterocycles. The quantitative estimate of drug-likeness (QED) is 0.0484. The fraction of sp³-hybridized carbons (Fsp3) is 0.591. The Labute approximate surface area is 315 Å². The number of allylic oxidation sites excluding steroid dienone is 1. The maximum atomic E-state index is 12.3. The van der Waals surface area contributed by atoms with E-state index in [1.165, 1.54) is 19.3 Å². The Morgan fingerprint density at radius 3 is 2.49 bits per heavy atom. The summed E-state index contributed by atoms with van der Waals surface area (Å²) in [4.78, 5) is 21.1. The number of aromatic nitrogens is 2. The van der Waals surface area contributed by atoms with Crippen molar-refractivity contribution in [2.75, 3.05) is 5.73 Å². The van der Waals surface area contributed by atoms with Gasteiger partial charge in [-0.15, -0.1) is 0 Å². The number of phenols is 1. The van der Waals surface area contributed by atoms with Crippen molar-refractivity contribution in [3.8, 4) is 5.75 Å². The summed E-state index contributed by atoms with van der Waals surface area (Å²) in [6.45, 7) is 2.21. The van der Waals surface area contributed by atoms with Crippen LogP contribution in [0.25, 0.3) is 0 Å². The third kappa shape index (κ3) is 12.2. The lowest BCUT2D eigenvalue weighted by Crippen LogP contribution is -2.37. The molecule has 0 radical (unpaired) electrons. The van der Waals surface area contributed by atoms with Gasteiger partial charge in [-0.2, -0.15) is 11.9 Å². The van der Waals surface area contributed by atoms with E-state index < -0.39 is 23.6 Å². The van der Waals surface area contributed by atoms with Crippen LogP contribution in [0.5, 0.6) is 5.75 Å². The molecule has 53 heavy (non-hydrogen) atoms. The van der Waals surface area contributed by atoms with Crippen molar-refractivity contribution in [1.29, 1.82) is 0 Å². The number of carboxylic acids is 1. The molecule has 2 aliphatic rings. The lowest BCUT2D eigenvalue weighted by molar-refractivity contribution is -0.146. The molecule has 2 heterocycles. The summed E-state index contributed by atoms with van der Waals surface area (Å²) in [6.07, 6.45) is 19.9. The lowest BCUT2D eigenvalue weighted by atomic mass is 9.80. The van der Waals surface area contributed by atoms with Gasteiger partial charge in [0.25, 0.3) is 0 Å². The van der Waals surface area contributed by atoms with E-state index in [0.29, 0.717) is 50.3 Å². The molecule has 0 spiro atoms. The SMILES string of the molecule is CCCCCC1C=CC(CCCCCC(C(=O)O)C(O)CCC2(O)CC(Cc3ccnc(N)c3)CC2Cc2cc(Cc3ccc(O)cc3)c[n-]2)C(O)C1. The van der Waals surface area contributed by atoms with Crippen LogP contribution in [-0.2, 0) is 24.1 Å². The summed E-state index contributed by atoms with van der Waals surface area (Å²) >= 11 is 0. The number of benzene rings is 1. The minimum absolute atomic E-state index is 0.102. The Hall–Kier alpha value is -3.66. The molecule has 8 unspecified atom stereocenters. The highest BCUT2D eigenvalue weighted by atomic mass is 16.4. The van der Waals surface area contributed by atoms with Gasteiger partial charge in [-0.05, 0) is 124 Å². The number of unbranched alkanes of at least 4 members (excludes halogenated alkanes) is 4. The fourth-order valence-electron chi connectivity index (χ4n) is 8.98. The van der Waals surface area contributed by atoms with Crippen LogP contribution in [-0.4, -0.2) is 54.3 Å². The van der Waals surface area contributed by atoms with E-state index in [4.69, 9.17) is 10.7 Å². The molecule has 9 nitrogen and oxygen atoms in total. The molecule has 0 bridgehead atoms. The second-order valence-corrected chi connectivity index (χ2v) is 16.2. The second-order valence-electron chi connectivity index (χ2n) is 16.2. The van der Waals surface area contributed by atoms with E-state index in [1.807, 2.05) is 30.5 Å². The van der Waals surface area contributed by atoms with Gasteiger partial charge in [-0.3, -0.25) is 4.79 Å². The molecule has 3 aromatic rings. The van der Waals surface area contributed by atoms with Gasteiger partial charge in [0.15, 0.2) is 0 Å². The molecule has 9 heteroatoms. The number of anilines is 1. The molecule has 290 valence electrons. The molecule has 1 aromatic carbocycles. The monoisotopic (exact) mass is 728 g/mol. The number of nitrogen functional groups attached to an aromatic ring is 1. The Bertz CT molecular complexity index is 1590. The summed E-state index contributed by atoms with van der Waals surface area (Å²) in [7, 11) is 0. The number of aliphatic carboxylic acids is 1. The first-order valence-corrected chi connectivity index (χ1v) is 20.1. The molecule has 2 aromatic heterocycles. The van der Waals surface area contributed by atoms with E-state index in [1.54, 1.807) is 18.3 Å². The third-order valence-corrected chi connectivity index (χ3v) is 12.0. The first-order chi connectivity index (χ1) is 25.5. The van der Waals surface area contributed by atoms with E-state index in [2.05, 4.69) is 30.1 Å². The topological polar surface area (TPSA) is 171 Å². The minimum atomic E-state index is -1.08. The number of hydrogen-bond acceptors (Lipinski definition) is 7. The zero-order valence-corrected chi connectivity index (χ0v) is 31.5. The standard InChI is InChI=1S/C44H62N3O6/c1-2-3-5-8-30-11-14-35(41(50)25-30)9-6-4-7-10-39(43(51)52)40(49)17-19-44(53)28-33(22-32-18-20-46-42(45)26-32)23-36(44)27-37-24-34(29-47-37)21-31-12-15-38(48)16-13-31/h11-16,18,20,24,26,29-30,33,35-36,39-41,48-50,53H,2-10,17,19,21-23,25,27-28H2,1H3,(H2,45,46)(H,51,52)/q-1. The van der Waals surface area contributed by atoms with E-state index in [9.17, 15) is 30.3 Å². The molecule has 1 fully saturated rings. The van der Waals surface area contributed by atoms with Crippen molar-refractivity contribution < 1.29 is 30.3 Å². The highest BCUT2D eigenvalue weighted by molar-refractivity contribution is 5.70. The van der Waals surface area contributed by atoms with Gasteiger partial charge in [0, 0.05) is 12.1 Å². The van der Waals surface area contributed by atoms with Crippen molar-refractivity contribution >= 4 is 11.8 Å². The third-order valence-electron chi connectivity index (χ3n) is 12.0. The molecule has 7 N–H and O–H groups in total. The van der Waals surface area contributed by atoms with Gasteiger partial charge < -0.3 is 36.3 Å². The van der Waals surface area contributed by atoms with Crippen LogP contribution in [0.2, 0.25) is 0 Å². The number of aliphatic hydroxyl groups is 3. The van der Waals surface area contributed by atoms with Gasteiger partial charge in [-0.1, -0.05) is 81.4 Å². The summed E-state index contributed by atoms with van der Waals surface area (Å²) < 4.78 is 0. The lowest BCUT2D eigenvalue weighted by Gasteiger charge is -2.33. The first-order valence-electron chi connectivity index (χ1n) is 20.1. The van der Waals surface area contributed by atoms with Crippen LogP contribution in [0.1, 0.15) is 119 Å². The number of aromatic hydroxyl groups is 1. The predicted molar refractivity (Wildman–Crippen MR) is 208 cm³/mol. The zero-order valence-electron chi connectivity index (χ0n) is 31.5. The average molecular weight is 729 g/mol. The number of rotatable bonds is 21. The van der Waals surface area contributed by atoms with Gasteiger partial charge in [0.2, 0.25) is 0 Å². The highest BCUT2D eigenvalue weighted by Gasteiger charge is 2.45. The Kier molecular flexibility index (Phi) is 15.0. The van der Waals surface area contributed by atoms with Gasteiger partial charge in [0.1, 0.15) is 11.6 Å². The number of nitrogens with zero attached hydrogens (tertiary/aromatic N) is 2. The number of hydrogen-bond donors (Lipinski definition) is 6. The Morgan fingerprint density at radius 1 is 0.962 bits per heavy atom. The second kappa shape index (κ2) is 19.6. The van der Waals surface area contributed by atoms with Crippen LogP contribution >= 0.6 is 0 Å². The number of carbonyl (C=O) groups is 1. The zero-order chi connectivity index (χ0) is 37.8. The normalized spacial score (nSPS) is 25.4. The average Bonchev–Trinajstić information content (AvgIpc) is 3.69. The van der Waals surface area contributed by atoms with Gasteiger partial charge in [-0.25, -0.2) is 4.98 Å². The number of nitrogens with two attached hydrogens (primary N) is 1. The molecular weight excluding hydrogens is 666 g/mol. The van der Waals surface area contributed by atoms with E-state index in [-0.39, 0.29) is 36.0 Å². The van der Waals surface area contributed by atoms with Crippen LogP contribution in [0.15, 0.2) is 67.0 Å². The molecule has 1 saturated carbocycles. The largest absolute Gasteiger partial charge is 0.667 e. The fourth-order valence-corrected chi connectivity index (χ4v) is 8.98. The predicted octanol–water partition coefficient (Wildman–Crippen LogP) is 7.39. The maximum absolute atomic E-state index is 12.3. The summed E-state index contributed by atoms with van der Waals surface area (Å²) in [5, 5.41) is 53.9. The molecule has 8 atom stereocenters. The van der Waals surface area contributed by atoms with Crippen molar-refractivity contribution in [1.82, 2.24) is 9.97 Å². The van der Waals surface area contributed by atoms with Gasteiger partial charge in [0.05, 0.1) is 23.7 Å². The summed E-state index contributed by atoms with van der Waals surface area (Å²) in [5.74, 6) is -0.476. The summed E-state index contributed by atoms with van der Waals surface area (Å²) in [6, 6.07) is 13.1. The number of aliphatic hydroxyl groups excluding tert-OH is 2. The molecule has 0 amide bonds.